The maximum absolute atomic E-state index is 12.1. The second kappa shape index (κ2) is 9.28. The number of fused-ring (bicyclic) bond motifs is 3. The molecule has 2 unspecified atom stereocenters. The number of esters is 1. The first-order valence-electron chi connectivity index (χ1n) is 15.2. The summed E-state index contributed by atoms with van der Waals surface area (Å²) in [5.74, 6) is 0.594. The minimum absolute atomic E-state index is 0.113. The van der Waals surface area contributed by atoms with Crippen molar-refractivity contribution in [1.29, 1.82) is 0 Å². The third-order valence-corrected chi connectivity index (χ3v) is 9.81. The summed E-state index contributed by atoms with van der Waals surface area (Å²) >= 11 is 0. The minimum Gasteiger partial charge on any atom is -0.423 e. The topological polar surface area (TPSA) is 26.3 Å². The first kappa shape index (κ1) is 27.4. The van der Waals surface area contributed by atoms with Crippen LogP contribution in [0, 0.1) is 17.3 Å². The molecule has 2 aromatic rings. The maximum Gasteiger partial charge on any atom is 0.338 e. The number of rotatable bonds is 4. The normalized spacial score (nSPS) is 22.0. The highest BCUT2D eigenvalue weighted by molar-refractivity contribution is 5.92. The summed E-state index contributed by atoms with van der Waals surface area (Å²) in [6.07, 6.45) is 18.9. The number of hydrogen-bond acceptors (Lipinski definition) is 2. The van der Waals surface area contributed by atoms with Crippen molar-refractivity contribution in [2.45, 2.75) is 47.0 Å². The van der Waals surface area contributed by atoms with Gasteiger partial charge in [0.15, 0.2) is 0 Å². The smallest absolute Gasteiger partial charge is 0.338 e. The number of allylic oxidation sites excluding steroid dienone is 14. The van der Waals surface area contributed by atoms with Crippen LogP contribution in [-0.4, -0.2) is 5.97 Å². The van der Waals surface area contributed by atoms with Crippen molar-refractivity contribution in [3.8, 4) is 11.1 Å². The van der Waals surface area contributed by atoms with Crippen molar-refractivity contribution in [3.63, 3.8) is 0 Å². The molecule has 214 valence electrons. The largest absolute Gasteiger partial charge is 0.423 e. The van der Waals surface area contributed by atoms with E-state index in [1.807, 2.05) is 6.07 Å². The quantitative estimate of drug-likeness (QED) is 0.211. The Bertz CT molecular complexity index is 1900. The highest BCUT2D eigenvalue weighted by Crippen LogP contribution is 2.55. The van der Waals surface area contributed by atoms with E-state index in [1.165, 1.54) is 61.3 Å². The van der Waals surface area contributed by atoms with Crippen molar-refractivity contribution >= 4 is 17.3 Å². The van der Waals surface area contributed by atoms with Crippen LogP contribution in [0.25, 0.3) is 22.5 Å². The number of carbonyl (C=O) groups excluding carboxylic acids is 1. The van der Waals surface area contributed by atoms with E-state index < -0.39 is 5.97 Å². The van der Waals surface area contributed by atoms with Gasteiger partial charge in [0, 0.05) is 28.4 Å². The van der Waals surface area contributed by atoms with E-state index in [0.717, 1.165) is 5.56 Å². The summed E-state index contributed by atoms with van der Waals surface area (Å²) in [5.41, 5.74) is 15.6. The van der Waals surface area contributed by atoms with Crippen LogP contribution in [0.4, 0.5) is 0 Å². The zero-order valence-electron chi connectivity index (χ0n) is 26.0. The fraction of sp³-hybridized carbons (Fsp3) is 0.244. The van der Waals surface area contributed by atoms with Gasteiger partial charge >= 0.3 is 5.97 Å². The molecule has 2 aromatic carbocycles. The Morgan fingerprint density at radius 2 is 1.49 bits per heavy atom. The molecule has 0 heterocycles. The summed E-state index contributed by atoms with van der Waals surface area (Å²) < 4.78 is 5.46. The van der Waals surface area contributed by atoms with Gasteiger partial charge in [0.25, 0.3) is 0 Å². The Kier molecular flexibility index (Phi) is 5.92. The predicted octanol–water partition coefficient (Wildman–Crippen LogP) is 9.99. The lowest BCUT2D eigenvalue weighted by molar-refractivity contribution is -0.132. The van der Waals surface area contributed by atoms with Crippen LogP contribution >= 0.6 is 0 Å². The van der Waals surface area contributed by atoms with Crippen molar-refractivity contribution < 1.29 is 9.53 Å². The molecule has 43 heavy (non-hydrogen) atoms. The molecule has 0 bridgehead atoms. The van der Waals surface area contributed by atoms with Gasteiger partial charge in [0.1, 0.15) is 5.76 Å². The lowest BCUT2D eigenvalue weighted by Crippen LogP contribution is -2.30. The van der Waals surface area contributed by atoms with E-state index in [1.54, 1.807) is 6.92 Å². The maximum atomic E-state index is 12.1. The average Bonchev–Trinajstić information content (AvgIpc) is 3.20. The molecular formula is C41H38O2. The third-order valence-electron chi connectivity index (χ3n) is 9.81. The molecule has 0 aliphatic heterocycles. The highest BCUT2D eigenvalue weighted by atomic mass is 16.5. The number of carbonyl (C=O) groups is 1. The predicted molar refractivity (Wildman–Crippen MR) is 178 cm³/mol. The van der Waals surface area contributed by atoms with Gasteiger partial charge in [-0.2, -0.15) is 0 Å². The van der Waals surface area contributed by atoms with Gasteiger partial charge in [0.05, 0.1) is 0 Å². The van der Waals surface area contributed by atoms with Crippen LogP contribution in [0.3, 0.4) is 0 Å². The molecule has 0 saturated heterocycles. The van der Waals surface area contributed by atoms with Gasteiger partial charge in [-0.05, 0) is 85.7 Å². The zero-order valence-corrected chi connectivity index (χ0v) is 26.0. The molecule has 2 nitrogen and oxygen atoms in total. The number of hydrogen-bond donors (Lipinski definition) is 0. The monoisotopic (exact) mass is 562 g/mol. The van der Waals surface area contributed by atoms with Crippen LogP contribution in [0.15, 0.2) is 132 Å². The van der Waals surface area contributed by atoms with Crippen LogP contribution in [0.2, 0.25) is 0 Å². The summed E-state index contributed by atoms with van der Waals surface area (Å²) in [6, 6.07) is 13.2. The molecule has 0 fully saturated rings. The van der Waals surface area contributed by atoms with Crippen LogP contribution in [-0.2, 0) is 14.9 Å². The molecule has 0 spiro atoms. The van der Waals surface area contributed by atoms with Gasteiger partial charge in [-0.3, -0.25) is 0 Å². The van der Waals surface area contributed by atoms with Gasteiger partial charge in [-0.25, -0.2) is 4.79 Å². The van der Waals surface area contributed by atoms with E-state index in [4.69, 9.17) is 4.74 Å². The Morgan fingerprint density at radius 1 is 0.814 bits per heavy atom. The standard InChI is InChI=1S/C41H38O2/c1-23(2)39(42)43-24(3)26-12-16-32-33-17-13-27(22-36(33)41(7,8)35(32)21-26)31-15-11-25-9-10-28-19-30(40(4,5)6)20-29-14-18-34(31)38(25)37(28)29/h9-22,37-38H,1,3H2,2,4-8H3. The third kappa shape index (κ3) is 4.19. The summed E-state index contributed by atoms with van der Waals surface area (Å²) in [7, 11) is 0. The van der Waals surface area contributed by atoms with Crippen molar-refractivity contribution in [1.82, 2.24) is 0 Å². The Hall–Kier alpha value is -4.43. The Morgan fingerprint density at radius 3 is 2.21 bits per heavy atom. The number of benzene rings is 2. The highest BCUT2D eigenvalue weighted by Gasteiger charge is 2.41. The summed E-state index contributed by atoms with van der Waals surface area (Å²) in [4.78, 5) is 12.1. The molecule has 0 saturated carbocycles. The first-order chi connectivity index (χ1) is 20.3. The second-order valence-corrected chi connectivity index (χ2v) is 14.1. The van der Waals surface area contributed by atoms with Crippen LogP contribution < -0.4 is 0 Å². The molecule has 0 radical (unpaired) electrons. The fourth-order valence-corrected chi connectivity index (χ4v) is 7.32. The van der Waals surface area contributed by atoms with Crippen molar-refractivity contribution in [2.24, 2.45) is 17.3 Å². The first-order valence-corrected chi connectivity index (χ1v) is 15.2. The SMILES string of the molecule is C=C(C)C(=O)OC(=C)c1ccc2c(c1)C(C)(C)c1cc(C3=CC=C4C=CC5=CC(C(C)(C)C)=CC6=CC=C3C4C65)ccc1-2. The molecule has 0 amide bonds. The second-order valence-electron chi connectivity index (χ2n) is 14.1. The van der Waals surface area contributed by atoms with Crippen LogP contribution in [0.5, 0.6) is 0 Å². The fourth-order valence-electron chi connectivity index (χ4n) is 7.32. The molecule has 5 aliphatic carbocycles. The lowest BCUT2D eigenvalue weighted by atomic mass is 9.61. The molecule has 0 aromatic heterocycles. The number of ether oxygens (including phenoxy) is 1. The molecule has 2 atom stereocenters. The van der Waals surface area contributed by atoms with E-state index in [-0.39, 0.29) is 10.8 Å². The van der Waals surface area contributed by atoms with Gasteiger partial charge in [-0.15, -0.1) is 0 Å². The van der Waals surface area contributed by atoms with Crippen molar-refractivity contribution in [3.05, 3.63) is 154 Å². The van der Waals surface area contributed by atoms with E-state index in [2.05, 4.69) is 127 Å². The molecule has 5 aliphatic rings. The van der Waals surface area contributed by atoms with Gasteiger partial charge in [0.2, 0.25) is 0 Å². The zero-order chi connectivity index (χ0) is 30.4. The van der Waals surface area contributed by atoms with E-state index in [9.17, 15) is 4.79 Å². The summed E-state index contributed by atoms with van der Waals surface area (Å²) in [5, 5.41) is 0. The van der Waals surface area contributed by atoms with E-state index >= 15 is 0 Å². The Labute approximate surface area is 255 Å². The Balaban J connectivity index is 1.27. The molecule has 0 N–H and O–H groups in total. The van der Waals surface area contributed by atoms with Crippen molar-refractivity contribution in [2.75, 3.05) is 0 Å². The van der Waals surface area contributed by atoms with E-state index in [0.29, 0.717) is 23.2 Å². The van der Waals surface area contributed by atoms with Gasteiger partial charge < -0.3 is 4.74 Å². The molecular weight excluding hydrogens is 524 g/mol. The molecule has 7 rings (SSSR count). The van der Waals surface area contributed by atoms with Gasteiger partial charge in [-0.1, -0.05) is 121 Å². The lowest BCUT2D eigenvalue weighted by Gasteiger charge is -2.42. The summed E-state index contributed by atoms with van der Waals surface area (Å²) in [6.45, 7) is 20.8. The average molecular weight is 563 g/mol. The molecule has 2 heteroatoms. The van der Waals surface area contributed by atoms with Crippen LogP contribution in [0.1, 0.15) is 63.8 Å². The minimum atomic E-state index is -0.454.